The molecule has 0 amide bonds. The molecule has 5 nitrogen and oxygen atoms in total. The maximum absolute atomic E-state index is 9.71. The van der Waals surface area contributed by atoms with Gasteiger partial charge < -0.3 is 5.11 Å². The van der Waals surface area contributed by atoms with Gasteiger partial charge in [-0.1, -0.05) is 24.8 Å². The van der Waals surface area contributed by atoms with Crippen LogP contribution in [0.2, 0.25) is 0 Å². The third kappa shape index (κ3) is 2.22. The first-order valence-electron chi connectivity index (χ1n) is 4.97. The van der Waals surface area contributed by atoms with Gasteiger partial charge in [0, 0.05) is 0 Å². The number of hydrogen-bond acceptors (Lipinski definition) is 4. The summed E-state index contributed by atoms with van der Waals surface area (Å²) in [5, 5.41) is 26.4. The zero-order valence-electron chi connectivity index (χ0n) is 8.98. The Morgan fingerprint density at radius 2 is 2.12 bits per heavy atom. The molecule has 0 spiro atoms. The molecule has 2 rings (SSSR count). The molecular formula is C12H10N4O. The lowest BCUT2D eigenvalue weighted by atomic mass is 10.1. The fraction of sp³-hybridized carbons (Fsp3) is 0.0833. The summed E-state index contributed by atoms with van der Waals surface area (Å²) in [7, 11) is 0. The summed E-state index contributed by atoms with van der Waals surface area (Å²) in [6, 6.07) is 11.1. The molecule has 1 unspecified atom stereocenters. The molecule has 0 radical (unpaired) electrons. The summed E-state index contributed by atoms with van der Waals surface area (Å²) in [6.45, 7) is 3.44. The molecule has 1 aromatic carbocycles. The summed E-state index contributed by atoms with van der Waals surface area (Å²) in [5.41, 5.74) is 1.14. The number of aromatic nitrogens is 3. The van der Waals surface area contributed by atoms with Gasteiger partial charge in [-0.15, -0.1) is 0 Å². The Hall–Kier alpha value is -2.45. The second-order valence-electron chi connectivity index (χ2n) is 3.43. The molecule has 5 heteroatoms. The van der Waals surface area contributed by atoms with Crippen LogP contribution in [0.25, 0.3) is 5.69 Å². The molecule has 84 valence electrons. The summed E-state index contributed by atoms with van der Waals surface area (Å²) in [4.78, 5) is 1.39. The molecule has 1 atom stereocenters. The number of aliphatic hydroxyl groups is 1. The normalized spacial score (nSPS) is 11.8. The minimum Gasteiger partial charge on any atom is -0.381 e. The molecule has 1 N–H and O–H groups in total. The van der Waals surface area contributed by atoms with Crippen molar-refractivity contribution in [3.63, 3.8) is 0 Å². The molecule has 0 aliphatic carbocycles. The maximum Gasteiger partial charge on any atom is 0.134 e. The van der Waals surface area contributed by atoms with Crippen LogP contribution in [0.4, 0.5) is 0 Å². The van der Waals surface area contributed by atoms with E-state index in [0.717, 1.165) is 5.69 Å². The molecule has 17 heavy (non-hydrogen) atoms. The summed E-state index contributed by atoms with van der Waals surface area (Å²) in [5.74, 6) is 0. The van der Waals surface area contributed by atoms with Crippen molar-refractivity contribution in [1.82, 2.24) is 15.0 Å². The van der Waals surface area contributed by atoms with Crippen molar-refractivity contribution in [1.29, 1.82) is 5.26 Å². The van der Waals surface area contributed by atoms with Crippen molar-refractivity contribution in [2.24, 2.45) is 0 Å². The third-order valence-corrected chi connectivity index (χ3v) is 2.25. The Labute approximate surface area is 98.2 Å². The van der Waals surface area contributed by atoms with Crippen LogP contribution >= 0.6 is 0 Å². The average Bonchev–Trinajstić information content (AvgIpc) is 2.87. The molecule has 0 saturated carbocycles. The number of para-hydroxylation sites is 1. The molecule has 1 heterocycles. The molecule has 0 saturated heterocycles. The van der Waals surface area contributed by atoms with E-state index in [0.29, 0.717) is 5.69 Å². The quantitative estimate of drug-likeness (QED) is 0.802. The van der Waals surface area contributed by atoms with Crippen LogP contribution in [0.5, 0.6) is 0 Å². The SMILES string of the molecule is C=C(C#N)C(O)c1cnn(-c2ccccc2)n1. The first kappa shape index (κ1) is 11.0. The molecule has 1 aromatic heterocycles. The topological polar surface area (TPSA) is 74.7 Å². The summed E-state index contributed by atoms with van der Waals surface area (Å²) < 4.78 is 0. The van der Waals surface area contributed by atoms with Crippen molar-refractivity contribution < 1.29 is 5.11 Å². The van der Waals surface area contributed by atoms with E-state index in [4.69, 9.17) is 5.26 Å². The Kier molecular flexibility index (Phi) is 2.99. The fourth-order valence-electron chi connectivity index (χ4n) is 1.33. The van der Waals surface area contributed by atoms with E-state index in [1.165, 1.54) is 11.0 Å². The largest absolute Gasteiger partial charge is 0.381 e. The van der Waals surface area contributed by atoms with Gasteiger partial charge in [0.1, 0.15) is 11.8 Å². The smallest absolute Gasteiger partial charge is 0.134 e. The molecule has 0 bridgehead atoms. The highest BCUT2D eigenvalue weighted by Gasteiger charge is 2.15. The van der Waals surface area contributed by atoms with Crippen molar-refractivity contribution in [3.8, 4) is 11.8 Å². The van der Waals surface area contributed by atoms with Crippen LogP contribution in [-0.2, 0) is 0 Å². The van der Waals surface area contributed by atoms with E-state index in [9.17, 15) is 5.11 Å². The number of nitrogens with zero attached hydrogens (tertiary/aromatic N) is 4. The van der Waals surface area contributed by atoms with E-state index in [1.807, 2.05) is 30.3 Å². The van der Waals surface area contributed by atoms with E-state index in [2.05, 4.69) is 16.8 Å². The van der Waals surface area contributed by atoms with Crippen molar-refractivity contribution in [2.45, 2.75) is 6.10 Å². The average molecular weight is 226 g/mol. The Balaban J connectivity index is 2.29. The van der Waals surface area contributed by atoms with Gasteiger partial charge in [0.2, 0.25) is 0 Å². The zero-order chi connectivity index (χ0) is 12.3. The van der Waals surface area contributed by atoms with Gasteiger partial charge in [0.05, 0.1) is 23.5 Å². The van der Waals surface area contributed by atoms with Crippen LogP contribution in [-0.4, -0.2) is 20.1 Å². The molecule has 0 fully saturated rings. The van der Waals surface area contributed by atoms with E-state index in [1.54, 1.807) is 6.07 Å². The number of hydrogen-bond donors (Lipinski definition) is 1. The first-order chi connectivity index (χ1) is 8.22. The number of nitriles is 1. The Bertz CT molecular complexity index is 568. The van der Waals surface area contributed by atoms with Gasteiger partial charge in [-0.2, -0.15) is 20.3 Å². The lowest BCUT2D eigenvalue weighted by molar-refractivity contribution is 0.215. The van der Waals surface area contributed by atoms with E-state index < -0.39 is 6.10 Å². The first-order valence-corrected chi connectivity index (χ1v) is 4.97. The lowest BCUT2D eigenvalue weighted by Crippen LogP contribution is -2.03. The third-order valence-electron chi connectivity index (χ3n) is 2.25. The van der Waals surface area contributed by atoms with Gasteiger partial charge in [0.25, 0.3) is 0 Å². The minimum absolute atomic E-state index is 0.0464. The minimum atomic E-state index is -1.10. The second-order valence-corrected chi connectivity index (χ2v) is 3.43. The van der Waals surface area contributed by atoms with E-state index in [-0.39, 0.29) is 5.57 Å². The maximum atomic E-state index is 9.71. The van der Waals surface area contributed by atoms with Crippen molar-refractivity contribution >= 4 is 0 Å². The molecule has 2 aromatic rings. The predicted octanol–water partition coefficient (Wildman–Crippen LogP) is 1.38. The van der Waals surface area contributed by atoms with Crippen LogP contribution < -0.4 is 0 Å². The van der Waals surface area contributed by atoms with Crippen LogP contribution in [0.15, 0.2) is 48.7 Å². The number of rotatable bonds is 3. The standard InChI is InChI=1S/C12H10N4O/c1-9(7-13)12(17)11-8-14-16(15-11)10-5-3-2-4-6-10/h2-6,8,12,17H,1H2. The van der Waals surface area contributed by atoms with Gasteiger partial charge in [-0.25, -0.2) is 0 Å². The van der Waals surface area contributed by atoms with Gasteiger partial charge >= 0.3 is 0 Å². The number of benzene rings is 1. The summed E-state index contributed by atoms with van der Waals surface area (Å²) >= 11 is 0. The van der Waals surface area contributed by atoms with Gasteiger partial charge in [-0.3, -0.25) is 0 Å². The highest BCUT2D eigenvalue weighted by atomic mass is 16.3. The highest BCUT2D eigenvalue weighted by Crippen LogP contribution is 2.17. The molecule has 0 aliphatic heterocycles. The second kappa shape index (κ2) is 4.60. The predicted molar refractivity (Wildman–Crippen MR) is 61.1 cm³/mol. The van der Waals surface area contributed by atoms with Gasteiger partial charge in [0.15, 0.2) is 0 Å². The van der Waals surface area contributed by atoms with Gasteiger partial charge in [-0.05, 0) is 12.1 Å². The van der Waals surface area contributed by atoms with E-state index >= 15 is 0 Å². The fourth-order valence-corrected chi connectivity index (χ4v) is 1.33. The Morgan fingerprint density at radius 3 is 2.76 bits per heavy atom. The summed E-state index contributed by atoms with van der Waals surface area (Å²) in [6.07, 6.45) is 0.317. The van der Waals surface area contributed by atoms with Crippen LogP contribution in [0.1, 0.15) is 11.8 Å². The highest BCUT2D eigenvalue weighted by molar-refractivity contribution is 5.30. The lowest BCUT2D eigenvalue weighted by Gasteiger charge is -2.02. The van der Waals surface area contributed by atoms with Crippen molar-refractivity contribution in [2.75, 3.05) is 0 Å². The number of aliphatic hydroxyl groups excluding tert-OH is 1. The zero-order valence-corrected chi connectivity index (χ0v) is 8.98. The Morgan fingerprint density at radius 1 is 1.41 bits per heavy atom. The monoisotopic (exact) mass is 226 g/mol. The molecular weight excluding hydrogens is 216 g/mol. The molecule has 0 aliphatic rings. The van der Waals surface area contributed by atoms with Crippen LogP contribution in [0, 0.1) is 11.3 Å². The van der Waals surface area contributed by atoms with Crippen LogP contribution in [0.3, 0.4) is 0 Å². The van der Waals surface area contributed by atoms with Crippen molar-refractivity contribution in [3.05, 3.63) is 54.4 Å².